The number of carbonyl (C=O) groups excluding carboxylic acids is 1. The van der Waals surface area contributed by atoms with Crippen LogP contribution in [0.4, 0.5) is 5.69 Å². The van der Waals surface area contributed by atoms with E-state index in [9.17, 15) is 9.90 Å². The molecule has 1 saturated heterocycles. The lowest BCUT2D eigenvalue weighted by atomic mass is 10.1. The Morgan fingerprint density at radius 3 is 2.68 bits per heavy atom. The number of benzene rings is 1. The number of nitrogens with one attached hydrogen (secondary N) is 1. The number of aliphatic hydroxyl groups excluding tert-OH is 1. The van der Waals surface area contributed by atoms with Gasteiger partial charge >= 0.3 is 0 Å². The van der Waals surface area contributed by atoms with E-state index < -0.39 is 0 Å². The van der Waals surface area contributed by atoms with Crippen LogP contribution in [0.5, 0.6) is 0 Å². The van der Waals surface area contributed by atoms with Crippen LogP contribution in [0.1, 0.15) is 25.3 Å². The molecule has 2 atom stereocenters. The van der Waals surface area contributed by atoms with E-state index in [1.54, 1.807) is 0 Å². The SMILES string of the molecule is Cc1ccc(N2CCC(C)NC(=O)C2CCO)cc1. The molecule has 1 aliphatic heterocycles. The summed E-state index contributed by atoms with van der Waals surface area (Å²) < 4.78 is 0. The summed E-state index contributed by atoms with van der Waals surface area (Å²) in [5.41, 5.74) is 2.25. The van der Waals surface area contributed by atoms with Gasteiger partial charge in [0.15, 0.2) is 0 Å². The highest BCUT2D eigenvalue weighted by Gasteiger charge is 2.29. The molecule has 2 N–H and O–H groups in total. The van der Waals surface area contributed by atoms with Crippen molar-refractivity contribution >= 4 is 11.6 Å². The monoisotopic (exact) mass is 262 g/mol. The van der Waals surface area contributed by atoms with Crippen molar-refractivity contribution in [1.82, 2.24) is 5.32 Å². The quantitative estimate of drug-likeness (QED) is 0.867. The second-order valence-electron chi connectivity index (χ2n) is 5.26. The molecule has 0 aliphatic carbocycles. The lowest BCUT2D eigenvalue weighted by Gasteiger charge is -2.30. The molecule has 4 heteroatoms. The van der Waals surface area contributed by atoms with Gasteiger partial charge in [0, 0.05) is 24.9 Å². The molecule has 0 radical (unpaired) electrons. The average Bonchev–Trinajstić information content (AvgIpc) is 2.51. The van der Waals surface area contributed by atoms with E-state index in [-0.39, 0.29) is 24.6 Å². The zero-order valence-electron chi connectivity index (χ0n) is 11.6. The largest absolute Gasteiger partial charge is 0.396 e. The van der Waals surface area contributed by atoms with Gasteiger partial charge in [-0.2, -0.15) is 0 Å². The van der Waals surface area contributed by atoms with E-state index in [0.29, 0.717) is 6.42 Å². The zero-order valence-corrected chi connectivity index (χ0v) is 11.6. The topological polar surface area (TPSA) is 52.6 Å². The standard InChI is InChI=1S/C15H22N2O2/c1-11-3-5-13(6-4-11)17-9-7-12(2)16-15(19)14(17)8-10-18/h3-6,12,14,18H,7-10H2,1-2H3,(H,16,19). The van der Waals surface area contributed by atoms with Crippen LogP contribution in [0.3, 0.4) is 0 Å². The van der Waals surface area contributed by atoms with Crippen molar-refractivity contribution in [2.75, 3.05) is 18.1 Å². The second-order valence-corrected chi connectivity index (χ2v) is 5.26. The maximum Gasteiger partial charge on any atom is 0.242 e. The Morgan fingerprint density at radius 1 is 1.37 bits per heavy atom. The average molecular weight is 262 g/mol. The summed E-state index contributed by atoms with van der Waals surface area (Å²) in [6, 6.07) is 8.10. The molecular weight excluding hydrogens is 240 g/mol. The van der Waals surface area contributed by atoms with Crippen molar-refractivity contribution in [3.63, 3.8) is 0 Å². The second kappa shape index (κ2) is 6.06. The van der Waals surface area contributed by atoms with Gasteiger partial charge < -0.3 is 15.3 Å². The molecule has 1 amide bonds. The normalized spacial score (nSPS) is 23.9. The third-order valence-corrected chi connectivity index (χ3v) is 3.64. The Bertz CT molecular complexity index is 430. The number of anilines is 1. The van der Waals surface area contributed by atoms with Crippen molar-refractivity contribution in [1.29, 1.82) is 0 Å². The van der Waals surface area contributed by atoms with Gasteiger partial charge in [-0.3, -0.25) is 4.79 Å². The number of aliphatic hydroxyl groups is 1. The Morgan fingerprint density at radius 2 is 2.05 bits per heavy atom. The van der Waals surface area contributed by atoms with E-state index in [4.69, 9.17) is 0 Å². The maximum atomic E-state index is 12.2. The van der Waals surface area contributed by atoms with Gasteiger partial charge in [0.05, 0.1) is 0 Å². The summed E-state index contributed by atoms with van der Waals surface area (Å²) in [4.78, 5) is 14.3. The number of hydrogen-bond acceptors (Lipinski definition) is 3. The summed E-state index contributed by atoms with van der Waals surface area (Å²) in [6.45, 7) is 4.92. The molecule has 1 aromatic rings. The zero-order chi connectivity index (χ0) is 13.8. The highest BCUT2D eigenvalue weighted by atomic mass is 16.3. The highest BCUT2D eigenvalue weighted by molar-refractivity contribution is 5.86. The molecule has 1 heterocycles. The fourth-order valence-corrected chi connectivity index (χ4v) is 2.50. The van der Waals surface area contributed by atoms with E-state index >= 15 is 0 Å². The van der Waals surface area contributed by atoms with Gasteiger partial charge in [0.25, 0.3) is 0 Å². The predicted octanol–water partition coefficient (Wildman–Crippen LogP) is 1.46. The smallest absolute Gasteiger partial charge is 0.242 e. The van der Waals surface area contributed by atoms with Crippen LogP contribution in [-0.4, -0.2) is 36.2 Å². The molecule has 4 nitrogen and oxygen atoms in total. The molecule has 104 valence electrons. The van der Waals surface area contributed by atoms with Gasteiger partial charge in [-0.25, -0.2) is 0 Å². The third kappa shape index (κ3) is 3.26. The van der Waals surface area contributed by atoms with Crippen LogP contribution in [0, 0.1) is 6.92 Å². The van der Waals surface area contributed by atoms with Crippen molar-refractivity contribution in [3.8, 4) is 0 Å². The fourth-order valence-electron chi connectivity index (χ4n) is 2.50. The van der Waals surface area contributed by atoms with Crippen molar-refractivity contribution in [3.05, 3.63) is 29.8 Å². The number of nitrogens with zero attached hydrogens (tertiary/aromatic N) is 1. The van der Waals surface area contributed by atoms with Crippen LogP contribution in [0.15, 0.2) is 24.3 Å². The minimum Gasteiger partial charge on any atom is -0.396 e. The van der Waals surface area contributed by atoms with Crippen LogP contribution >= 0.6 is 0 Å². The van der Waals surface area contributed by atoms with Crippen molar-refractivity contribution in [2.45, 2.75) is 38.8 Å². The Hall–Kier alpha value is -1.55. The first-order chi connectivity index (χ1) is 9.11. The minimum absolute atomic E-state index is 0.0135. The molecular formula is C15H22N2O2. The lowest BCUT2D eigenvalue weighted by molar-refractivity contribution is -0.122. The van der Waals surface area contributed by atoms with Gasteiger partial charge in [-0.15, -0.1) is 0 Å². The van der Waals surface area contributed by atoms with Crippen LogP contribution in [0.2, 0.25) is 0 Å². The summed E-state index contributed by atoms with van der Waals surface area (Å²) >= 11 is 0. The van der Waals surface area contributed by atoms with E-state index in [1.807, 2.05) is 26.0 Å². The van der Waals surface area contributed by atoms with Gasteiger partial charge in [0.2, 0.25) is 5.91 Å². The molecule has 2 rings (SSSR count). The van der Waals surface area contributed by atoms with Crippen LogP contribution in [0.25, 0.3) is 0 Å². The number of amides is 1. The first-order valence-electron chi connectivity index (χ1n) is 6.86. The maximum absolute atomic E-state index is 12.2. The molecule has 1 aliphatic rings. The highest BCUT2D eigenvalue weighted by Crippen LogP contribution is 2.22. The summed E-state index contributed by atoms with van der Waals surface area (Å²) in [6.07, 6.45) is 1.38. The number of rotatable bonds is 3. The molecule has 0 spiro atoms. The first-order valence-corrected chi connectivity index (χ1v) is 6.86. The van der Waals surface area contributed by atoms with Crippen LogP contribution < -0.4 is 10.2 Å². The van der Waals surface area contributed by atoms with E-state index in [2.05, 4.69) is 22.3 Å². The summed E-state index contributed by atoms with van der Waals surface area (Å²) in [5.74, 6) is 0.0135. The Balaban J connectivity index is 2.27. The number of aryl methyl sites for hydroxylation is 1. The molecule has 0 saturated carbocycles. The number of carbonyl (C=O) groups is 1. The molecule has 0 bridgehead atoms. The Labute approximate surface area is 114 Å². The Kier molecular flexibility index (Phi) is 4.43. The molecule has 0 aromatic heterocycles. The summed E-state index contributed by atoms with van der Waals surface area (Å²) in [7, 11) is 0. The third-order valence-electron chi connectivity index (χ3n) is 3.64. The minimum atomic E-state index is -0.280. The molecule has 19 heavy (non-hydrogen) atoms. The van der Waals surface area contributed by atoms with Crippen LogP contribution in [-0.2, 0) is 4.79 Å². The van der Waals surface area contributed by atoms with E-state index in [0.717, 1.165) is 18.7 Å². The molecule has 1 aromatic carbocycles. The first kappa shape index (κ1) is 13.9. The number of hydrogen-bond donors (Lipinski definition) is 2. The lowest BCUT2D eigenvalue weighted by Crippen LogP contribution is -2.45. The van der Waals surface area contributed by atoms with E-state index in [1.165, 1.54) is 5.56 Å². The van der Waals surface area contributed by atoms with Gasteiger partial charge in [-0.05, 0) is 38.8 Å². The van der Waals surface area contributed by atoms with Crippen molar-refractivity contribution < 1.29 is 9.90 Å². The summed E-state index contributed by atoms with van der Waals surface area (Å²) in [5, 5.41) is 12.2. The van der Waals surface area contributed by atoms with Gasteiger partial charge in [0.1, 0.15) is 6.04 Å². The van der Waals surface area contributed by atoms with Gasteiger partial charge in [-0.1, -0.05) is 17.7 Å². The fraction of sp³-hybridized carbons (Fsp3) is 0.533. The predicted molar refractivity (Wildman–Crippen MR) is 76.2 cm³/mol. The molecule has 2 unspecified atom stereocenters. The molecule has 1 fully saturated rings. The van der Waals surface area contributed by atoms with Crippen molar-refractivity contribution in [2.24, 2.45) is 0 Å².